The van der Waals surface area contributed by atoms with E-state index in [-0.39, 0.29) is 5.82 Å². The van der Waals surface area contributed by atoms with E-state index >= 15 is 0 Å². The predicted octanol–water partition coefficient (Wildman–Crippen LogP) is 2.80. The Bertz CT molecular complexity index is 506. The van der Waals surface area contributed by atoms with E-state index < -0.39 is 0 Å². The maximum atomic E-state index is 12.9. The molecule has 14 heavy (non-hydrogen) atoms. The van der Waals surface area contributed by atoms with Gasteiger partial charge in [0.25, 0.3) is 0 Å². The summed E-state index contributed by atoms with van der Waals surface area (Å²) in [6.07, 6.45) is 1.55. The molecule has 70 valence electrons. The first-order chi connectivity index (χ1) is 6.68. The lowest BCUT2D eigenvalue weighted by Gasteiger charge is -2.02. The van der Waals surface area contributed by atoms with E-state index in [0.717, 1.165) is 22.0 Å². The second-order valence-electron chi connectivity index (χ2n) is 3.21. The standard InChI is InChI=1S/C11H9FN2/c1-7(2)11-10-4-3-9(12)5-8(10)6-13-14-11/h3-6H,1H2,2H3. The Labute approximate surface area is 81.1 Å². The minimum atomic E-state index is -0.266. The van der Waals surface area contributed by atoms with Crippen LogP contribution < -0.4 is 0 Å². The average Bonchev–Trinajstić information content (AvgIpc) is 2.16. The summed E-state index contributed by atoms with van der Waals surface area (Å²) in [7, 11) is 0. The molecule has 2 rings (SSSR count). The van der Waals surface area contributed by atoms with Gasteiger partial charge in [-0.25, -0.2) is 4.39 Å². The summed E-state index contributed by atoms with van der Waals surface area (Å²) in [6, 6.07) is 4.55. The van der Waals surface area contributed by atoms with Crippen molar-refractivity contribution in [3.8, 4) is 0 Å². The Kier molecular flexibility index (Phi) is 2.00. The second kappa shape index (κ2) is 3.18. The average molecular weight is 188 g/mol. The van der Waals surface area contributed by atoms with E-state index in [1.807, 2.05) is 6.92 Å². The Balaban J connectivity index is 2.81. The number of halogens is 1. The zero-order chi connectivity index (χ0) is 10.1. The first-order valence-electron chi connectivity index (χ1n) is 4.25. The van der Waals surface area contributed by atoms with E-state index in [9.17, 15) is 4.39 Å². The highest BCUT2D eigenvalue weighted by atomic mass is 19.1. The molecule has 0 saturated carbocycles. The fraction of sp³-hybridized carbons (Fsp3) is 0.0909. The summed E-state index contributed by atoms with van der Waals surface area (Å²) in [6.45, 7) is 5.66. The second-order valence-corrected chi connectivity index (χ2v) is 3.21. The minimum Gasteiger partial charge on any atom is -0.207 e. The molecule has 0 bridgehead atoms. The number of benzene rings is 1. The third-order valence-corrected chi connectivity index (χ3v) is 2.03. The van der Waals surface area contributed by atoms with Crippen molar-refractivity contribution in [2.45, 2.75) is 6.92 Å². The molecule has 0 atom stereocenters. The first-order valence-corrected chi connectivity index (χ1v) is 4.25. The highest BCUT2D eigenvalue weighted by molar-refractivity contribution is 5.90. The van der Waals surface area contributed by atoms with Gasteiger partial charge in [-0.3, -0.25) is 0 Å². The predicted molar refractivity (Wildman–Crippen MR) is 54.2 cm³/mol. The first kappa shape index (κ1) is 8.81. The minimum absolute atomic E-state index is 0.266. The van der Waals surface area contributed by atoms with Crippen LogP contribution in [-0.2, 0) is 0 Å². The normalized spacial score (nSPS) is 10.4. The fourth-order valence-corrected chi connectivity index (χ4v) is 1.37. The maximum absolute atomic E-state index is 12.9. The number of nitrogens with zero attached hydrogens (tertiary/aromatic N) is 2. The van der Waals surface area contributed by atoms with E-state index in [0.29, 0.717) is 0 Å². The van der Waals surface area contributed by atoms with Crippen LogP contribution in [0.4, 0.5) is 4.39 Å². The molecular formula is C11H9FN2. The smallest absolute Gasteiger partial charge is 0.123 e. The molecule has 0 amide bonds. The number of allylic oxidation sites excluding steroid dienone is 1. The van der Waals surface area contributed by atoms with Gasteiger partial charge in [-0.15, -0.1) is 0 Å². The molecule has 0 aliphatic heterocycles. The monoisotopic (exact) mass is 188 g/mol. The zero-order valence-electron chi connectivity index (χ0n) is 7.79. The Morgan fingerprint density at radius 2 is 2.21 bits per heavy atom. The van der Waals surface area contributed by atoms with Crippen LogP contribution in [0.2, 0.25) is 0 Å². The number of hydrogen-bond acceptors (Lipinski definition) is 2. The molecule has 0 aliphatic rings. The lowest BCUT2D eigenvalue weighted by Crippen LogP contribution is -1.91. The van der Waals surface area contributed by atoms with Crippen molar-refractivity contribution >= 4 is 16.3 Å². The highest BCUT2D eigenvalue weighted by Gasteiger charge is 2.04. The van der Waals surface area contributed by atoms with Crippen molar-refractivity contribution in [2.24, 2.45) is 0 Å². The largest absolute Gasteiger partial charge is 0.207 e. The van der Waals surface area contributed by atoms with Gasteiger partial charge in [-0.2, -0.15) is 10.2 Å². The van der Waals surface area contributed by atoms with E-state index in [4.69, 9.17) is 0 Å². The Hall–Kier alpha value is -1.77. The van der Waals surface area contributed by atoms with Gasteiger partial charge < -0.3 is 0 Å². The van der Waals surface area contributed by atoms with Crippen LogP contribution in [0.25, 0.3) is 16.3 Å². The Morgan fingerprint density at radius 1 is 1.43 bits per heavy atom. The maximum Gasteiger partial charge on any atom is 0.123 e. The van der Waals surface area contributed by atoms with Gasteiger partial charge in [0.15, 0.2) is 0 Å². The van der Waals surface area contributed by atoms with Gasteiger partial charge in [0.05, 0.1) is 11.9 Å². The summed E-state index contributed by atoms with van der Waals surface area (Å²) in [5.41, 5.74) is 1.55. The fourth-order valence-electron chi connectivity index (χ4n) is 1.37. The summed E-state index contributed by atoms with van der Waals surface area (Å²) >= 11 is 0. The molecule has 0 saturated heterocycles. The molecule has 0 fully saturated rings. The summed E-state index contributed by atoms with van der Waals surface area (Å²) in [4.78, 5) is 0. The highest BCUT2D eigenvalue weighted by Crippen LogP contribution is 2.21. The van der Waals surface area contributed by atoms with Gasteiger partial charge in [0.2, 0.25) is 0 Å². The van der Waals surface area contributed by atoms with Crippen LogP contribution in [0.5, 0.6) is 0 Å². The summed E-state index contributed by atoms with van der Waals surface area (Å²) in [5, 5.41) is 9.39. The van der Waals surface area contributed by atoms with Crippen molar-refractivity contribution in [1.82, 2.24) is 10.2 Å². The Morgan fingerprint density at radius 3 is 2.93 bits per heavy atom. The molecule has 0 spiro atoms. The number of rotatable bonds is 1. The molecule has 3 heteroatoms. The van der Waals surface area contributed by atoms with Gasteiger partial charge in [-0.05, 0) is 30.7 Å². The van der Waals surface area contributed by atoms with Crippen LogP contribution in [-0.4, -0.2) is 10.2 Å². The SMILES string of the molecule is C=C(C)c1nncc2cc(F)ccc12. The molecule has 0 N–H and O–H groups in total. The van der Waals surface area contributed by atoms with Crippen LogP contribution >= 0.6 is 0 Å². The van der Waals surface area contributed by atoms with Crippen LogP contribution in [0.1, 0.15) is 12.6 Å². The quantitative estimate of drug-likeness (QED) is 0.687. The van der Waals surface area contributed by atoms with Crippen molar-refractivity contribution in [1.29, 1.82) is 0 Å². The molecule has 0 aliphatic carbocycles. The zero-order valence-corrected chi connectivity index (χ0v) is 7.79. The molecule has 2 aromatic rings. The van der Waals surface area contributed by atoms with Crippen molar-refractivity contribution in [3.63, 3.8) is 0 Å². The van der Waals surface area contributed by atoms with Gasteiger partial charge in [-0.1, -0.05) is 6.58 Å². The molecule has 0 radical (unpaired) electrons. The van der Waals surface area contributed by atoms with E-state index in [1.54, 1.807) is 12.3 Å². The van der Waals surface area contributed by atoms with Crippen molar-refractivity contribution in [2.75, 3.05) is 0 Å². The molecule has 1 aromatic carbocycles. The van der Waals surface area contributed by atoms with E-state index in [2.05, 4.69) is 16.8 Å². The number of hydrogen-bond donors (Lipinski definition) is 0. The number of aromatic nitrogens is 2. The van der Waals surface area contributed by atoms with Gasteiger partial charge in [0, 0.05) is 10.8 Å². The summed E-state index contributed by atoms with van der Waals surface area (Å²) in [5.74, 6) is -0.266. The molecule has 1 heterocycles. The van der Waals surface area contributed by atoms with Crippen LogP contribution in [0.15, 0.2) is 31.0 Å². The number of fused-ring (bicyclic) bond motifs is 1. The van der Waals surface area contributed by atoms with Crippen molar-refractivity contribution in [3.05, 3.63) is 42.5 Å². The topological polar surface area (TPSA) is 25.8 Å². The van der Waals surface area contributed by atoms with E-state index in [1.165, 1.54) is 12.1 Å². The van der Waals surface area contributed by atoms with Crippen LogP contribution in [0, 0.1) is 5.82 Å². The molecule has 0 unspecified atom stereocenters. The lowest BCUT2D eigenvalue weighted by molar-refractivity contribution is 0.629. The molecule has 2 nitrogen and oxygen atoms in total. The molecular weight excluding hydrogens is 179 g/mol. The third kappa shape index (κ3) is 1.37. The molecule has 1 aromatic heterocycles. The van der Waals surface area contributed by atoms with Crippen molar-refractivity contribution < 1.29 is 4.39 Å². The van der Waals surface area contributed by atoms with Gasteiger partial charge in [0.1, 0.15) is 5.82 Å². The van der Waals surface area contributed by atoms with Crippen LogP contribution in [0.3, 0.4) is 0 Å². The third-order valence-electron chi connectivity index (χ3n) is 2.03. The lowest BCUT2D eigenvalue weighted by atomic mass is 10.1. The summed E-state index contributed by atoms with van der Waals surface area (Å²) < 4.78 is 12.9. The van der Waals surface area contributed by atoms with Gasteiger partial charge >= 0.3 is 0 Å².